The van der Waals surface area contributed by atoms with E-state index < -0.39 is 15.9 Å². The van der Waals surface area contributed by atoms with Crippen LogP contribution < -0.4 is 14.8 Å². The van der Waals surface area contributed by atoms with Crippen molar-refractivity contribution in [3.05, 3.63) is 59.7 Å². The van der Waals surface area contributed by atoms with Gasteiger partial charge in [-0.2, -0.15) is 0 Å². The molecule has 0 radical (unpaired) electrons. The number of hydrogen-bond acceptors (Lipinski definition) is 4. The van der Waals surface area contributed by atoms with Gasteiger partial charge < -0.3 is 14.8 Å². The highest BCUT2D eigenvalue weighted by atomic mass is 35.6. The third-order valence-electron chi connectivity index (χ3n) is 3.18. The molecule has 0 spiro atoms. The maximum absolute atomic E-state index is 12.3. The van der Waals surface area contributed by atoms with Gasteiger partial charge in [0.15, 0.2) is 0 Å². The first kappa shape index (κ1) is 19.4. The number of aldehydes is 1. The van der Waals surface area contributed by atoms with Crippen LogP contribution in [0.3, 0.4) is 0 Å². The van der Waals surface area contributed by atoms with E-state index in [1.807, 2.05) is 0 Å². The lowest BCUT2D eigenvalue weighted by Gasteiger charge is -2.26. The number of amides is 1. The summed E-state index contributed by atoms with van der Waals surface area (Å²) in [6.45, 7) is 0. The van der Waals surface area contributed by atoms with Crippen molar-refractivity contribution in [1.82, 2.24) is 5.32 Å². The minimum atomic E-state index is -1.91. The highest BCUT2D eigenvalue weighted by Gasteiger charge is 2.36. The lowest BCUT2D eigenvalue weighted by Crippen LogP contribution is -2.47. The van der Waals surface area contributed by atoms with E-state index in [4.69, 9.17) is 44.3 Å². The van der Waals surface area contributed by atoms with Crippen molar-refractivity contribution >= 4 is 47.0 Å². The van der Waals surface area contributed by atoms with Crippen LogP contribution in [0.25, 0.3) is 0 Å². The highest BCUT2D eigenvalue weighted by Crippen LogP contribution is 2.32. The number of carbonyl (C=O) groups is 2. The summed E-state index contributed by atoms with van der Waals surface area (Å²) in [5, 5.41) is 2.52. The van der Waals surface area contributed by atoms with E-state index in [1.54, 1.807) is 36.4 Å². The first-order valence-corrected chi connectivity index (χ1v) is 8.20. The third-order valence-corrected chi connectivity index (χ3v) is 3.78. The molecule has 0 saturated carbocycles. The average Bonchev–Trinajstić information content (AvgIpc) is 2.61. The molecule has 25 heavy (non-hydrogen) atoms. The van der Waals surface area contributed by atoms with Crippen molar-refractivity contribution in [2.75, 3.05) is 7.11 Å². The Morgan fingerprint density at radius 2 is 1.60 bits per heavy atom. The molecule has 0 saturated heterocycles. The topological polar surface area (TPSA) is 64.6 Å². The number of hydrogen-bond donors (Lipinski definition) is 1. The lowest BCUT2D eigenvalue weighted by atomic mass is 10.2. The molecule has 0 bridgehead atoms. The van der Waals surface area contributed by atoms with Gasteiger partial charge in [-0.25, -0.2) is 0 Å². The lowest BCUT2D eigenvalue weighted by molar-refractivity contribution is 0.0833. The van der Waals surface area contributed by atoms with Gasteiger partial charge >= 0.3 is 0 Å². The molecule has 2 aromatic rings. The number of alkyl halides is 3. The number of nitrogens with one attached hydrogen (secondary N) is 1. The Bertz CT molecular complexity index is 727. The largest absolute Gasteiger partial charge is 0.497 e. The number of benzene rings is 2. The van der Waals surface area contributed by atoms with Gasteiger partial charge in [0, 0.05) is 11.1 Å². The fourth-order valence-corrected chi connectivity index (χ4v) is 2.18. The zero-order valence-electron chi connectivity index (χ0n) is 13.0. The van der Waals surface area contributed by atoms with Gasteiger partial charge in [0.1, 0.15) is 17.8 Å². The van der Waals surface area contributed by atoms with Crippen LogP contribution in [0.15, 0.2) is 48.5 Å². The van der Waals surface area contributed by atoms with E-state index >= 15 is 0 Å². The summed E-state index contributed by atoms with van der Waals surface area (Å²) >= 11 is 17.7. The Morgan fingerprint density at radius 1 is 1.04 bits per heavy atom. The second kappa shape index (κ2) is 8.43. The molecule has 1 amide bonds. The van der Waals surface area contributed by atoms with Crippen LogP contribution in [0.1, 0.15) is 20.7 Å². The van der Waals surface area contributed by atoms with Gasteiger partial charge in [0.2, 0.25) is 10.0 Å². The van der Waals surface area contributed by atoms with E-state index in [1.165, 1.54) is 19.2 Å². The Kier molecular flexibility index (Phi) is 6.53. The van der Waals surface area contributed by atoms with E-state index in [0.717, 1.165) is 0 Å². The van der Waals surface area contributed by atoms with Crippen LogP contribution in [0.2, 0.25) is 0 Å². The van der Waals surface area contributed by atoms with Gasteiger partial charge in [-0.05, 0) is 48.5 Å². The molecule has 0 aliphatic carbocycles. The quantitative estimate of drug-likeness (QED) is 0.450. The Labute approximate surface area is 159 Å². The molecule has 132 valence electrons. The molecule has 0 heterocycles. The Morgan fingerprint density at radius 3 is 2.08 bits per heavy atom. The summed E-state index contributed by atoms with van der Waals surface area (Å²) in [5.41, 5.74) is 0.819. The van der Waals surface area contributed by atoms with Crippen molar-refractivity contribution in [2.24, 2.45) is 0 Å². The number of ether oxygens (including phenoxy) is 2. The van der Waals surface area contributed by atoms with Gasteiger partial charge in [0.25, 0.3) is 5.91 Å². The molecule has 2 rings (SSSR count). The molecule has 0 unspecified atom stereocenters. The SMILES string of the molecule is COc1ccc(C(=O)N[C@@H](Oc2ccc(C=O)cc2)C(Cl)(Cl)Cl)cc1. The highest BCUT2D eigenvalue weighted by molar-refractivity contribution is 6.68. The van der Waals surface area contributed by atoms with Crippen molar-refractivity contribution < 1.29 is 19.1 Å². The van der Waals surface area contributed by atoms with Crippen LogP contribution in [-0.4, -0.2) is 29.3 Å². The molecular formula is C17H14Cl3NO4. The molecule has 2 aromatic carbocycles. The maximum atomic E-state index is 12.3. The van der Waals surface area contributed by atoms with Crippen molar-refractivity contribution in [1.29, 1.82) is 0 Å². The number of halogens is 3. The summed E-state index contributed by atoms with van der Waals surface area (Å²) in [6.07, 6.45) is -0.545. The molecule has 5 nitrogen and oxygen atoms in total. The number of methoxy groups -OCH3 is 1. The molecular weight excluding hydrogens is 389 g/mol. The fraction of sp³-hybridized carbons (Fsp3) is 0.176. The van der Waals surface area contributed by atoms with E-state index in [9.17, 15) is 9.59 Å². The van der Waals surface area contributed by atoms with Crippen molar-refractivity contribution in [3.8, 4) is 11.5 Å². The molecule has 0 aliphatic heterocycles. The summed E-state index contributed by atoms with van der Waals surface area (Å²) < 4.78 is 8.67. The third kappa shape index (κ3) is 5.53. The van der Waals surface area contributed by atoms with Gasteiger partial charge in [0.05, 0.1) is 7.11 Å². The van der Waals surface area contributed by atoms with E-state index in [2.05, 4.69) is 5.32 Å². The molecule has 8 heteroatoms. The summed E-state index contributed by atoms with van der Waals surface area (Å²) in [7, 11) is 1.53. The minimum Gasteiger partial charge on any atom is -0.497 e. The van der Waals surface area contributed by atoms with Crippen LogP contribution in [0.4, 0.5) is 0 Å². The average molecular weight is 403 g/mol. The van der Waals surface area contributed by atoms with Gasteiger partial charge in [-0.1, -0.05) is 34.8 Å². The summed E-state index contributed by atoms with van der Waals surface area (Å²) in [4.78, 5) is 23.0. The zero-order chi connectivity index (χ0) is 18.4. The first-order chi connectivity index (χ1) is 11.8. The zero-order valence-corrected chi connectivity index (χ0v) is 15.3. The second-order valence-corrected chi connectivity index (χ2v) is 7.30. The number of carbonyl (C=O) groups excluding carboxylic acids is 2. The minimum absolute atomic E-state index is 0.331. The normalized spacial score (nSPS) is 12.2. The first-order valence-electron chi connectivity index (χ1n) is 7.07. The smallest absolute Gasteiger partial charge is 0.254 e. The standard InChI is InChI=1S/C17H14Cl3NO4/c1-24-13-8-4-12(5-9-13)15(23)21-16(17(18,19)20)25-14-6-2-11(10-22)3-7-14/h2-10,16H,1H3,(H,21,23)/t16-/m0/s1. The van der Waals surface area contributed by atoms with Gasteiger partial charge in [-0.3, -0.25) is 9.59 Å². The maximum Gasteiger partial charge on any atom is 0.254 e. The summed E-state index contributed by atoms with van der Waals surface area (Å²) in [6, 6.07) is 12.6. The second-order valence-electron chi connectivity index (χ2n) is 4.93. The summed E-state index contributed by atoms with van der Waals surface area (Å²) in [5.74, 6) is 0.460. The van der Waals surface area contributed by atoms with E-state index in [0.29, 0.717) is 28.9 Å². The van der Waals surface area contributed by atoms with Crippen LogP contribution in [-0.2, 0) is 0 Å². The predicted octanol–water partition coefficient (Wildman–Crippen LogP) is 4.01. The molecule has 1 atom stereocenters. The van der Waals surface area contributed by atoms with Crippen LogP contribution in [0.5, 0.6) is 11.5 Å². The van der Waals surface area contributed by atoms with Gasteiger partial charge in [-0.15, -0.1) is 0 Å². The molecule has 0 aromatic heterocycles. The monoisotopic (exact) mass is 401 g/mol. The van der Waals surface area contributed by atoms with Crippen LogP contribution in [0, 0.1) is 0 Å². The Balaban J connectivity index is 2.13. The van der Waals surface area contributed by atoms with Crippen molar-refractivity contribution in [2.45, 2.75) is 10.0 Å². The Hall–Kier alpha value is -1.95. The molecule has 0 fully saturated rings. The van der Waals surface area contributed by atoms with E-state index in [-0.39, 0.29) is 0 Å². The predicted molar refractivity (Wildman–Crippen MR) is 97.0 cm³/mol. The molecule has 1 N–H and O–H groups in total. The van der Waals surface area contributed by atoms with Crippen molar-refractivity contribution in [3.63, 3.8) is 0 Å². The molecule has 0 aliphatic rings. The number of rotatable bonds is 6. The fourth-order valence-electron chi connectivity index (χ4n) is 1.88. The van der Waals surface area contributed by atoms with Crippen LogP contribution >= 0.6 is 34.8 Å².